The molecule has 1 heterocycles. The van der Waals surface area contributed by atoms with Crippen LogP contribution in [0.1, 0.15) is 20.3 Å². The van der Waals surface area contributed by atoms with Crippen LogP contribution >= 0.6 is 0 Å². The van der Waals surface area contributed by atoms with E-state index in [1.54, 1.807) is 20.0 Å². The van der Waals surface area contributed by atoms with Crippen molar-refractivity contribution < 1.29 is 9.53 Å². The number of amides is 1. The standard InChI is InChI=1S/C11H18N4O2/c1-4-5-17-10-6-9(13-7-14-10)15-8(2)11(16)12-3/h6-8H,4-5H2,1-3H3,(H,12,16)(H,13,14,15). The average Bonchev–Trinajstić information content (AvgIpc) is 2.35. The summed E-state index contributed by atoms with van der Waals surface area (Å²) in [5, 5.41) is 5.52. The Bertz CT molecular complexity index is 370. The van der Waals surface area contributed by atoms with E-state index < -0.39 is 0 Å². The molecule has 0 saturated carbocycles. The molecular formula is C11H18N4O2. The number of carbonyl (C=O) groups is 1. The number of hydrogen-bond donors (Lipinski definition) is 2. The van der Waals surface area contributed by atoms with Gasteiger partial charge in [0.15, 0.2) is 0 Å². The van der Waals surface area contributed by atoms with Gasteiger partial charge in [0.1, 0.15) is 18.2 Å². The molecule has 0 aliphatic rings. The van der Waals surface area contributed by atoms with Gasteiger partial charge in [-0.1, -0.05) is 6.92 Å². The van der Waals surface area contributed by atoms with Gasteiger partial charge >= 0.3 is 0 Å². The van der Waals surface area contributed by atoms with Gasteiger partial charge < -0.3 is 15.4 Å². The molecule has 0 saturated heterocycles. The zero-order valence-electron chi connectivity index (χ0n) is 10.4. The molecule has 0 aliphatic heterocycles. The summed E-state index contributed by atoms with van der Waals surface area (Å²) in [5.41, 5.74) is 0. The van der Waals surface area contributed by atoms with Gasteiger partial charge in [-0.15, -0.1) is 0 Å². The molecule has 0 aliphatic carbocycles. The summed E-state index contributed by atoms with van der Waals surface area (Å²) in [7, 11) is 1.59. The predicted octanol–water partition coefficient (Wildman–Crippen LogP) is 0.812. The highest BCUT2D eigenvalue weighted by Gasteiger charge is 2.11. The number of carbonyl (C=O) groups excluding carboxylic acids is 1. The minimum absolute atomic E-state index is 0.0976. The second kappa shape index (κ2) is 6.67. The van der Waals surface area contributed by atoms with Crippen LogP contribution in [-0.4, -0.2) is 35.6 Å². The molecule has 1 rings (SSSR count). The fraction of sp³-hybridized carbons (Fsp3) is 0.545. The normalized spacial score (nSPS) is 11.7. The number of ether oxygens (including phenoxy) is 1. The maximum absolute atomic E-state index is 11.3. The van der Waals surface area contributed by atoms with Gasteiger partial charge in [-0.05, 0) is 13.3 Å². The largest absolute Gasteiger partial charge is 0.478 e. The summed E-state index contributed by atoms with van der Waals surface area (Å²) in [4.78, 5) is 19.3. The molecule has 1 unspecified atom stereocenters. The van der Waals surface area contributed by atoms with E-state index in [0.717, 1.165) is 6.42 Å². The Morgan fingerprint density at radius 1 is 1.53 bits per heavy atom. The van der Waals surface area contributed by atoms with Gasteiger partial charge in [-0.25, -0.2) is 9.97 Å². The van der Waals surface area contributed by atoms with E-state index in [0.29, 0.717) is 18.3 Å². The molecule has 1 amide bonds. The van der Waals surface area contributed by atoms with Gasteiger partial charge in [0.25, 0.3) is 0 Å². The number of hydrogen-bond acceptors (Lipinski definition) is 5. The number of nitrogens with zero attached hydrogens (tertiary/aromatic N) is 2. The first kappa shape index (κ1) is 13.2. The average molecular weight is 238 g/mol. The van der Waals surface area contributed by atoms with E-state index in [9.17, 15) is 4.79 Å². The molecule has 1 aromatic rings. The third-order valence-electron chi connectivity index (χ3n) is 2.10. The molecule has 94 valence electrons. The number of rotatable bonds is 6. The zero-order valence-corrected chi connectivity index (χ0v) is 10.4. The highest BCUT2D eigenvalue weighted by Crippen LogP contribution is 2.12. The lowest BCUT2D eigenvalue weighted by atomic mass is 10.3. The Hall–Kier alpha value is -1.85. The predicted molar refractivity (Wildman–Crippen MR) is 65.0 cm³/mol. The number of nitrogens with one attached hydrogen (secondary N) is 2. The number of aromatic nitrogens is 2. The lowest BCUT2D eigenvalue weighted by molar-refractivity contribution is -0.121. The maximum Gasteiger partial charge on any atom is 0.241 e. The zero-order chi connectivity index (χ0) is 12.7. The Labute approximate surface area is 101 Å². The fourth-order valence-corrected chi connectivity index (χ4v) is 1.21. The lowest BCUT2D eigenvalue weighted by Crippen LogP contribution is -2.35. The van der Waals surface area contributed by atoms with Crippen LogP contribution < -0.4 is 15.4 Å². The minimum atomic E-state index is -0.353. The van der Waals surface area contributed by atoms with Crippen molar-refractivity contribution >= 4 is 11.7 Å². The van der Waals surface area contributed by atoms with Crippen LogP contribution in [0, 0.1) is 0 Å². The molecular weight excluding hydrogens is 220 g/mol. The van der Waals surface area contributed by atoms with Gasteiger partial charge in [0, 0.05) is 13.1 Å². The lowest BCUT2D eigenvalue weighted by Gasteiger charge is -2.13. The Morgan fingerprint density at radius 3 is 2.94 bits per heavy atom. The van der Waals surface area contributed by atoms with Crippen LogP contribution in [0.3, 0.4) is 0 Å². The smallest absolute Gasteiger partial charge is 0.241 e. The van der Waals surface area contributed by atoms with Crippen LogP contribution in [0.4, 0.5) is 5.82 Å². The molecule has 1 atom stereocenters. The molecule has 0 fully saturated rings. The van der Waals surface area contributed by atoms with Crippen LogP contribution in [0.15, 0.2) is 12.4 Å². The molecule has 0 radical (unpaired) electrons. The number of anilines is 1. The number of likely N-dealkylation sites (N-methyl/N-ethyl adjacent to an activating group) is 1. The van der Waals surface area contributed by atoms with E-state index in [2.05, 4.69) is 20.6 Å². The monoisotopic (exact) mass is 238 g/mol. The van der Waals surface area contributed by atoms with E-state index in [-0.39, 0.29) is 11.9 Å². The maximum atomic E-state index is 11.3. The summed E-state index contributed by atoms with van der Waals surface area (Å²) in [6, 6.07) is 1.32. The Morgan fingerprint density at radius 2 is 2.29 bits per heavy atom. The molecule has 0 spiro atoms. The molecule has 1 aromatic heterocycles. The Balaban J connectivity index is 2.62. The van der Waals surface area contributed by atoms with Gasteiger partial charge in [-0.2, -0.15) is 0 Å². The van der Waals surface area contributed by atoms with Crippen molar-refractivity contribution in [1.82, 2.24) is 15.3 Å². The molecule has 6 nitrogen and oxygen atoms in total. The van der Waals surface area contributed by atoms with E-state index >= 15 is 0 Å². The van der Waals surface area contributed by atoms with Crippen molar-refractivity contribution in [3.8, 4) is 5.88 Å². The fourth-order valence-electron chi connectivity index (χ4n) is 1.21. The molecule has 6 heteroatoms. The van der Waals surface area contributed by atoms with Gasteiger partial charge in [-0.3, -0.25) is 4.79 Å². The summed E-state index contributed by atoms with van der Waals surface area (Å²) in [5.74, 6) is 0.982. The van der Waals surface area contributed by atoms with Crippen LogP contribution in [0.25, 0.3) is 0 Å². The first-order valence-corrected chi connectivity index (χ1v) is 5.60. The topological polar surface area (TPSA) is 76.1 Å². The van der Waals surface area contributed by atoms with Crippen molar-refractivity contribution in [3.05, 3.63) is 12.4 Å². The summed E-state index contributed by atoms with van der Waals surface area (Å²) in [6.07, 6.45) is 2.32. The first-order chi connectivity index (χ1) is 8.17. The van der Waals surface area contributed by atoms with Crippen LogP contribution in [0.2, 0.25) is 0 Å². The van der Waals surface area contributed by atoms with E-state index in [1.807, 2.05) is 6.92 Å². The van der Waals surface area contributed by atoms with Crippen molar-refractivity contribution in [3.63, 3.8) is 0 Å². The van der Waals surface area contributed by atoms with Crippen molar-refractivity contribution in [2.45, 2.75) is 26.3 Å². The summed E-state index contributed by atoms with van der Waals surface area (Å²) >= 11 is 0. The van der Waals surface area contributed by atoms with Crippen LogP contribution in [0.5, 0.6) is 5.88 Å². The molecule has 17 heavy (non-hydrogen) atoms. The second-order valence-corrected chi connectivity index (χ2v) is 3.57. The van der Waals surface area contributed by atoms with E-state index in [1.165, 1.54) is 6.33 Å². The molecule has 2 N–H and O–H groups in total. The van der Waals surface area contributed by atoms with E-state index in [4.69, 9.17) is 4.74 Å². The third kappa shape index (κ3) is 4.26. The van der Waals surface area contributed by atoms with Gasteiger partial charge in [0.05, 0.1) is 6.61 Å². The van der Waals surface area contributed by atoms with Crippen molar-refractivity contribution in [1.29, 1.82) is 0 Å². The minimum Gasteiger partial charge on any atom is -0.478 e. The molecule has 0 aromatic carbocycles. The summed E-state index contributed by atoms with van der Waals surface area (Å²) < 4.78 is 5.37. The van der Waals surface area contributed by atoms with Crippen molar-refractivity contribution in [2.24, 2.45) is 0 Å². The van der Waals surface area contributed by atoms with Crippen LogP contribution in [-0.2, 0) is 4.79 Å². The Kier molecular flexibility index (Phi) is 5.19. The highest BCUT2D eigenvalue weighted by molar-refractivity contribution is 5.83. The highest BCUT2D eigenvalue weighted by atomic mass is 16.5. The second-order valence-electron chi connectivity index (χ2n) is 3.57. The molecule has 0 bridgehead atoms. The third-order valence-corrected chi connectivity index (χ3v) is 2.10. The van der Waals surface area contributed by atoms with Gasteiger partial charge in [0.2, 0.25) is 11.8 Å². The van der Waals surface area contributed by atoms with Crippen molar-refractivity contribution in [2.75, 3.05) is 19.0 Å². The quantitative estimate of drug-likeness (QED) is 0.767. The SMILES string of the molecule is CCCOc1cc(NC(C)C(=O)NC)ncn1. The first-order valence-electron chi connectivity index (χ1n) is 5.60. The summed E-state index contributed by atoms with van der Waals surface area (Å²) in [6.45, 7) is 4.39.